The van der Waals surface area contributed by atoms with E-state index < -0.39 is 0 Å². The molecular formula is C16H23N3O. The van der Waals surface area contributed by atoms with Gasteiger partial charge in [0.1, 0.15) is 0 Å². The van der Waals surface area contributed by atoms with Crippen LogP contribution in [0.3, 0.4) is 0 Å². The highest BCUT2D eigenvalue weighted by molar-refractivity contribution is 5.92. The zero-order valence-electron chi connectivity index (χ0n) is 12.1. The lowest BCUT2D eigenvalue weighted by molar-refractivity contribution is -0.118. The molecule has 1 aliphatic carbocycles. The van der Waals surface area contributed by atoms with Crippen molar-refractivity contribution in [2.24, 2.45) is 0 Å². The monoisotopic (exact) mass is 273 g/mol. The Bertz CT molecular complexity index is 500. The first-order valence-corrected chi connectivity index (χ1v) is 7.59. The van der Waals surface area contributed by atoms with Crippen molar-refractivity contribution in [3.05, 3.63) is 29.3 Å². The second-order valence-corrected chi connectivity index (χ2v) is 5.91. The second-order valence-electron chi connectivity index (χ2n) is 5.91. The fourth-order valence-corrected chi connectivity index (χ4v) is 3.15. The largest absolute Gasteiger partial charge is 0.325 e. The number of benzene rings is 1. The zero-order chi connectivity index (χ0) is 13.9. The van der Waals surface area contributed by atoms with Crippen LogP contribution in [0.25, 0.3) is 0 Å². The molecule has 1 atom stereocenters. The van der Waals surface area contributed by atoms with E-state index >= 15 is 0 Å². The number of fused-ring (bicyclic) bond motifs is 1. The minimum atomic E-state index is 0.0942. The van der Waals surface area contributed by atoms with Crippen molar-refractivity contribution < 1.29 is 4.79 Å². The summed E-state index contributed by atoms with van der Waals surface area (Å²) in [6.07, 6.45) is 3.57. The number of nitrogens with zero attached hydrogens (tertiary/aromatic N) is 1. The van der Waals surface area contributed by atoms with E-state index in [2.05, 4.69) is 34.6 Å². The molecule has 1 saturated heterocycles. The van der Waals surface area contributed by atoms with Gasteiger partial charge in [0, 0.05) is 31.4 Å². The average Bonchev–Trinajstić information content (AvgIpc) is 2.89. The number of anilines is 1. The third kappa shape index (κ3) is 3.02. The van der Waals surface area contributed by atoms with Crippen LogP contribution in [0.15, 0.2) is 18.2 Å². The van der Waals surface area contributed by atoms with Gasteiger partial charge in [-0.25, -0.2) is 0 Å². The summed E-state index contributed by atoms with van der Waals surface area (Å²) in [5.41, 5.74) is 3.79. The molecule has 0 unspecified atom stereocenters. The molecule has 0 aromatic heterocycles. The number of hydrogen-bond acceptors (Lipinski definition) is 3. The first kappa shape index (κ1) is 13.6. The van der Waals surface area contributed by atoms with Gasteiger partial charge >= 0.3 is 0 Å². The molecule has 20 heavy (non-hydrogen) atoms. The number of hydrogen-bond donors (Lipinski definition) is 2. The Kier molecular flexibility index (Phi) is 4.03. The van der Waals surface area contributed by atoms with Crippen LogP contribution in [-0.4, -0.2) is 43.0 Å². The van der Waals surface area contributed by atoms with Crippen LogP contribution in [0, 0.1) is 0 Å². The van der Waals surface area contributed by atoms with Crippen LogP contribution in [0.1, 0.15) is 24.5 Å². The summed E-state index contributed by atoms with van der Waals surface area (Å²) in [6, 6.07) is 6.75. The predicted octanol–water partition coefficient (Wildman–Crippen LogP) is 1.41. The topological polar surface area (TPSA) is 44.4 Å². The molecule has 1 aromatic rings. The van der Waals surface area contributed by atoms with Crippen molar-refractivity contribution in [1.29, 1.82) is 0 Å². The number of aryl methyl sites for hydroxylation is 2. The Hall–Kier alpha value is -1.39. The number of carbonyl (C=O) groups excluding carboxylic acids is 1. The van der Waals surface area contributed by atoms with Crippen molar-refractivity contribution in [3.8, 4) is 0 Å². The minimum Gasteiger partial charge on any atom is -0.325 e. The summed E-state index contributed by atoms with van der Waals surface area (Å²) in [4.78, 5) is 14.4. The van der Waals surface area contributed by atoms with E-state index in [0.29, 0.717) is 12.6 Å². The summed E-state index contributed by atoms with van der Waals surface area (Å²) in [5, 5.41) is 6.38. The van der Waals surface area contributed by atoms with E-state index in [1.54, 1.807) is 0 Å². The summed E-state index contributed by atoms with van der Waals surface area (Å²) in [6.45, 7) is 5.52. The van der Waals surface area contributed by atoms with Gasteiger partial charge in [0.05, 0.1) is 6.54 Å². The Morgan fingerprint density at radius 2 is 2.25 bits per heavy atom. The van der Waals surface area contributed by atoms with Gasteiger partial charge in [0.2, 0.25) is 5.91 Å². The summed E-state index contributed by atoms with van der Waals surface area (Å²) < 4.78 is 0. The Morgan fingerprint density at radius 3 is 3.10 bits per heavy atom. The Labute approximate surface area is 120 Å². The van der Waals surface area contributed by atoms with Gasteiger partial charge in [-0.05, 0) is 49.4 Å². The third-order valence-electron chi connectivity index (χ3n) is 4.37. The predicted molar refractivity (Wildman–Crippen MR) is 81.0 cm³/mol. The lowest BCUT2D eigenvalue weighted by Gasteiger charge is -2.33. The highest BCUT2D eigenvalue weighted by Crippen LogP contribution is 2.24. The molecule has 3 rings (SSSR count). The fourth-order valence-electron chi connectivity index (χ4n) is 3.15. The molecular weight excluding hydrogens is 250 g/mol. The van der Waals surface area contributed by atoms with Crippen molar-refractivity contribution >= 4 is 11.6 Å². The Morgan fingerprint density at radius 1 is 1.40 bits per heavy atom. The summed E-state index contributed by atoms with van der Waals surface area (Å²) in [5.74, 6) is 0.0942. The van der Waals surface area contributed by atoms with E-state index in [0.717, 1.165) is 31.7 Å². The lowest BCUT2D eigenvalue weighted by atomic mass is 10.1. The number of nitrogens with one attached hydrogen (secondary N) is 2. The van der Waals surface area contributed by atoms with Gasteiger partial charge in [-0.3, -0.25) is 9.69 Å². The van der Waals surface area contributed by atoms with Crippen molar-refractivity contribution in [1.82, 2.24) is 10.2 Å². The van der Waals surface area contributed by atoms with Gasteiger partial charge in [-0.1, -0.05) is 6.07 Å². The number of amides is 1. The number of piperazine rings is 1. The maximum absolute atomic E-state index is 12.2. The molecule has 4 nitrogen and oxygen atoms in total. The number of rotatable bonds is 3. The molecule has 0 bridgehead atoms. The van der Waals surface area contributed by atoms with Gasteiger partial charge in [-0.15, -0.1) is 0 Å². The quantitative estimate of drug-likeness (QED) is 0.875. The minimum absolute atomic E-state index is 0.0942. The molecule has 1 heterocycles. The molecule has 1 aromatic carbocycles. The molecule has 0 spiro atoms. The average molecular weight is 273 g/mol. The molecule has 108 valence electrons. The van der Waals surface area contributed by atoms with Crippen LogP contribution in [-0.2, 0) is 17.6 Å². The molecule has 4 heteroatoms. The molecule has 1 amide bonds. The molecule has 2 N–H and O–H groups in total. The molecule has 0 saturated carbocycles. The zero-order valence-corrected chi connectivity index (χ0v) is 12.1. The second kappa shape index (κ2) is 5.94. The van der Waals surface area contributed by atoms with Gasteiger partial charge in [0.25, 0.3) is 0 Å². The first-order valence-electron chi connectivity index (χ1n) is 7.59. The van der Waals surface area contributed by atoms with Crippen LogP contribution in [0.5, 0.6) is 0 Å². The molecule has 1 fully saturated rings. The summed E-state index contributed by atoms with van der Waals surface area (Å²) in [7, 11) is 0. The fraction of sp³-hybridized carbons (Fsp3) is 0.562. The highest BCUT2D eigenvalue weighted by Gasteiger charge is 2.20. The van der Waals surface area contributed by atoms with Crippen LogP contribution in [0.2, 0.25) is 0 Å². The van der Waals surface area contributed by atoms with Gasteiger partial charge in [-0.2, -0.15) is 0 Å². The smallest absolute Gasteiger partial charge is 0.238 e. The van der Waals surface area contributed by atoms with Crippen molar-refractivity contribution in [3.63, 3.8) is 0 Å². The highest BCUT2D eigenvalue weighted by atomic mass is 16.2. The molecule has 0 radical (unpaired) electrons. The maximum atomic E-state index is 12.2. The van der Waals surface area contributed by atoms with Crippen LogP contribution in [0.4, 0.5) is 5.69 Å². The van der Waals surface area contributed by atoms with Crippen LogP contribution < -0.4 is 10.6 Å². The summed E-state index contributed by atoms with van der Waals surface area (Å²) >= 11 is 0. The molecule has 1 aliphatic heterocycles. The van der Waals surface area contributed by atoms with E-state index in [4.69, 9.17) is 0 Å². The van der Waals surface area contributed by atoms with E-state index in [9.17, 15) is 4.79 Å². The van der Waals surface area contributed by atoms with Crippen molar-refractivity contribution in [2.45, 2.75) is 32.2 Å². The normalized spacial score (nSPS) is 22.6. The third-order valence-corrected chi connectivity index (χ3v) is 4.37. The Balaban J connectivity index is 1.58. The van der Waals surface area contributed by atoms with Crippen LogP contribution >= 0.6 is 0 Å². The van der Waals surface area contributed by atoms with Crippen molar-refractivity contribution in [2.75, 3.05) is 31.5 Å². The van der Waals surface area contributed by atoms with Gasteiger partial charge in [0.15, 0.2) is 0 Å². The maximum Gasteiger partial charge on any atom is 0.238 e. The first-order chi connectivity index (χ1) is 9.72. The SMILES string of the molecule is C[C@H]1CNCCN1CC(=O)Nc1ccc2c(c1)CCC2. The standard InChI is InChI=1S/C16H23N3O/c1-12-10-17-7-8-19(12)11-16(20)18-15-6-5-13-3-2-4-14(13)9-15/h5-6,9,12,17H,2-4,7-8,10-11H2,1H3,(H,18,20)/t12-/m0/s1. The van der Waals surface area contributed by atoms with Gasteiger partial charge < -0.3 is 10.6 Å². The van der Waals surface area contributed by atoms with E-state index in [-0.39, 0.29) is 5.91 Å². The van der Waals surface area contributed by atoms with E-state index in [1.165, 1.54) is 24.0 Å². The lowest BCUT2D eigenvalue weighted by Crippen LogP contribution is -2.51. The number of carbonyl (C=O) groups is 1. The van der Waals surface area contributed by atoms with E-state index in [1.807, 2.05) is 6.07 Å². The molecule has 2 aliphatic rings.